The van der Waals surface area contributed by atoms with E-state index in [1.165, 1.54) is 25.7 Å². The topological polar surface area (TPSA) is 57.5 Å². The van der Waals surface area contributed by atoms with Crippen molar-refractivity contribution in [2.24, 2.45) is 5.92 Å². The van der Waals surface area contributed by atoms with Gasteiger partial charge in [-0.2, -0.15) is 0 Å². The van der Waals surface area contributed by atoms with Gasteiger partial charge in [-0.1, -0.05) is 45.4 Å². The zero-order valence-corrected chi connectivity index (χ0v) is 9.91. The normalized spacial score (nSPS) is 14.9. The lowest BCUT2D eigenvalue weighted by molar-refractivity contribution is -0.144. The van der Waals surface area contributed by atoms with Crippen LogP contribution in [0.3, 0.4) is 0 Å². The summed E-state index contributed by atoms with van der Waals surface area (Å²) >= 11 is 0. The third kappa shape index (κ3) is 7.37. The van der Waals surface area contributed by atoms with Crippen molar-refractivity contribution in [1.29, 1.82) is 0 Å². The predicted molar refractivity (Wildman–Crippen MR) is 60.8 cm³/mol. The van der Waals surface area contributed by atoms with Gasteiger partial charge >= 0.3 is 5.97 Å². The Labute approximate surface area is 92.5 Å². The molecule has 3 heteroatoms. The van der Waals surface area contributed by atoms with E-state index < -0.39 is 18.0 Å². The summed E-state index contributed by atoms with van der Waals surface area (Å²) in [4.78, 5) is 10.6. The molecule has 2 atom stereocenters. The van der Waals surface area contributed by atoms with Gasteiger partial charge in [0.1, 0.15) is 0 Å². The number of aliphatic hydroxyl groups excluding tert-OH is 1. The molecule has 0 saturated heterocycles. The minimum atomic E-state index is -0.909. The number of aliphatic hydroxyl groups is 1. The lowest BCUT2D eigenvalue weighted by Gasteiger charge is -2.14. The smallest absolute Gasteiger partial charge is 0.308 e. The van der Waals surface area contributed by atoms with Crippen LogP contribution in [0.5, 0.6) is 0 Å². The van der Waals surface area contributed by atoms with Crippen molar-refractivity contribution in [1.82, 2.24) is 0 Å². The highest BCUT2D eigenvalue weighted by molar-refractivity contribution is 5.70. The molecule has 0 aliphatic carbocycles. The molecule has 0 unspecified atom stereocenters. The molecule has 0 aromatic heterocycles. The van der Waals surface area contributed by atoms with E-state index in [1.807, 2.05) is 0 Å². The van der Waals surface area contributed by atoms with Gasteiger partial charge in [0.2, 0.25) is 0 Å². The summed E-state index contributed by atoms with van der Waals surface area (Å²) in [6, 6.07) is 0. The molecule has 0 saturated carbocycles. The molecule has 0 aliphatic rings. The first kappa shape index (κ1) is 14.4. The van der Waals surface area contributed by atoms with Crippen LogP contribution in [-0.2, 0) is 4.79 Å². The molecular formula is C12H24O3. The second-order valence-electron chi connectivity index (χ2n) is 4.25. The summed E-state index contributed by atoms with van der Waals surface area (Å²) in [5, 5.41) is 18.2. The standard InChI is InChI=1S/C12H24O3/c1-3-4-5-6-7-8-9-11(13)10(2)12(14)15/h10-11,13H,3-9H2,1-2H3,(H,14,15)/t10-,11-/m1/s1. The van der Waals surface area contributed by atoms with Gasteiger partial charge < -0.3 is 10.2 Å². The Bertz CT molecular complexity index is 168. The van der Waals surface area contributed by atoms with Crippen molar-refractivity contribution in [3.8, 4) is 0 Å². The maximum absolute atomic E-state index is 10.6. The Morgan fingerprint density at radius 3 is 2.20 bits per heavy atom. The Balaban J connectivity index is 3.38. The van der Waals surface area contributed by atoms with Crippen molar-refractivity contribution in [2.45, 2.75) is 64.9 Å². The largest absolute Gasteiger partial charge is 0.481 e. The summed E-state index contributed by atoms with van der Waals surface area (Å²) < 4.78 is 0. The number of unbranched alkanes of at least 4 members (excludes halogenated alkanes) is 5. The summed E-state index contributed by atoms with van der Waals surface area (Å²) in [6.45, 7) is 3.74. The SMILES string of the molecule is CCCCCCCC[C@@H](O)[C@@H](C)C(=O)O. The molecular weight excluding hydrogens is 192 g/mol. The van der Waals surface area contributed by atoms with E-state index in [0.29, 0.717) is 6.42 Å². The molecule has 0 bridgehead atoms. The van der Waals surface area contributed by atoms with Crippen molar-refractivity contribution in [3.05, 3.63) is 0 Å². The van der Waals surface area contributed by atoms with E-state index in [4.69, 9.17) is 5.11 Å². The fraction of sp³-hybridized carbons (Fsp3) is 0.917. The van der Waals surface area contributed by atoms with Gasteiger partial charge in [-0.25, -0.2) is 0 Å². The van der Waals surface area contributed by atoms with E-state index in [-0.39, 0.29) is 0 Å². The van der Waals surface area contributed by atoms with Crippen LogP contribution in [0.25, 0.3) is 0 Å². The zero-order chi connectivity index (χ0) is 11.7. The third-order valence-corrected chi connectivity index (χ3v) is 2.82. The fourth-order valence-corrected chi connectivity index (χ4v) is 1.55. The van der Waals surface area contributed by atoms with Crippen LogP contribution in [0.15, 0.2) is 0 Å². The summed E-state index contributed by atoms with van der Waals surface area (Å²) in [5.74, 6) is -1.55. The maximum atomic E-state index is 10.6. The molecule has 3 nitrogen and oxygen atoms in total. The van der Waals surface area contributed by atoms with Crippen LogP contribution < -0.4 is 0 Å². The van der Waals surface area contributed by atoms with Crippen LogP contribution in [-0.4, -0.2) is 22.3 Å². The number of aliphatic carboxylic acids is 1. The second kappa shape index (κ2) is 8.72. The first-order valence-corrected chi connectivity index (χ1v) is 6.00. The summed E-state index contributed by atoms with van der Waals surface area (Å²) in [6.07, 6.45) is 6.91. The van der Waals surface area contributed by atoms with E-state index in [0.717, 1.165) is 12.8 Å². The predicted octanol–water partition coefficient (Wildman–Crippen LogP) is 2.82. The number of hydrogen-bond donors (Lipinski definition) is 2. The second-order valence-corrected chi connectivity index (χ2v) is 4.25. The van der Waals surface area contributed by atoms with Gasteiger partial charge in [0, 0.05) is 0 Å². The van der Waals surface area contributed by atoms with E-state index >= 15 is 0 Å². The molecule has 0 aliphatic heterocycles. The summed E-state index contributed by atoms with van der Waals surface area (Å²) in [5.41, 5.74) is 0. The first-order valence-electron chi connectivity index (χ1n) is 6.00. The molecule has 90 valence electrons. The molecule has 0 radical (unpaired) electrons. The van der Waals surface area contributed by atoms with Gasteiger partial charge in [-0.05, 0) is 13.3 Å². The Morgan fingerprint density at radius 1 is 1.13 bits per heavy atom. The molecule has 0 heterocycles. The van der Waals surface area contributed by atoms with E-state index in [2.05, 4.69) is 6.92 Å². The van der Waals surface area contributed by atoms with Crippen LogP contribution in [0, 0.1) is 5.92 Å². The molecule has 2 N–H and O–H groups in total. The zero-order valence-electron chi connectivity index (χ0n) is 9.91. The number of hydrogen-bond acceptors (Lipinski definition) is 2. The maximum Gasteiger partial charge on any atom is 0.308 e. The van der Waals surface area contributed by atoms with E-state index in [1.54, 1.807) is 6.92 Å². The minimum absolute atomic E-state index is 0.611. The lowest BCUT2D eigenvalue weighted by atomic mass is 9.99. The number of carbonyl (C=O) groups is 1. The number of carboxylic acid groups (broad SMARTS) is 1. The number of rotatable bonds is 9. The van der Waals surface area contributed by atoms with Crippen LogP contribution in [0.4, 0.5) is 0 Å². The van der Waals surface area contributed by atoms with Crippen LogP contribution in [0.1, 0.15) is 58.8 Å². The average Bonchev–Trinajstić information content (AvgIpc) is 2.21. The van der Waals surface area contributed by atoms with Crippen molar-refractivity contribution >= 4 is 5.97 Å². The highest BCUT2D eigenvalue weighted by Crippen LogP contribution is 2.13. The molecule has 15 heavy (non-hydrogen) atoms. The Kier molecular flexibility index (Phi) is 8.38. The Morgan fingerprint density at radius 2 is 1.67 bits per heavy atom. The lowest BCUT2D eigenvalue weighted by Crippen LogP contribution is -2.25. The Hall–Kier alpha value is -0.570. The average molecular weight is 216 g/mol. The fourth-order valence-electron chi connectivity index (χ4n) is 1.55. The first-order chi connectivity index (χ1) is 7.09. The van der Waals surface area contributed by atoms with Gasteiger partial charge in [0.25, 0.3) is 0 Å². The summed E-state index contributed by atoms with van der Waals surface area (Å²) in [7, 11) is 0. The monoisotopic (exact) mass is 216 g/mol. The van der Waals surface area contributed by atoms with Crippen molar-refractivity contribution in [3.63, 3.8) is 0 Å². The molecule has 0 spiro atoms. The van der Waals surface area contributed by atoms with Gasteiger partial charge in [-0.3, -0.25) is 4.79 Å². The number of carboxylic acids is 1. The molecule has 0 amide bonds. The van der Waals surface area contributed by atoms with Gasteiger partial charge in [0.15, 0.2) is 0 Å². The van der Waals surface area contributed by atoms with E-state index in [9.17, 15) is 9.90 Å². The highest BCUT2D eigenvalue weighted by Gasteiger charge is 2.20. The molecule has 0 aromatic carbocycles. The quantitative estimate of drug-likeness (QED) is 0.583. The van der Waals surface area contributed by atoms with Crippen LogP contribution in [0.2, 0.25) is 0 Å². The van der Waals surface area contributed by atoms with Gasteiger partial charge in [-0.15, -0.1) is 0 Å². The van der Waals surface area contributed by atoms with Gasteiger partial charge in [0.05, 0.1) is 12.0 Å². The van der Waals surface area contributed by atoms with Crippen LogP contribution >= 0.6 is 0 Å². The molecule has 0 aromatic rings. The highest BCUT2D eigenvalue weighted by atomic mass is 16.4. The third-order valence-electron chi connectivity index (χ3n) is 2.82. The molecule has 0 rings (SSSR count). The van der Waals surface area contributed by atoms with Crippen molar-refractivity contribution < 1.29 is 15.0 Å². The van der Waals surface area contributed by atoms with Crippen molar-refractivity contribution in [2.75, 3.05) is 0 Å². The minimum Gasteiger partial charge on any atom is -0.481 e. The molecule has 0 fully saturated rings.